The highest BCUT2D eigenvalue weighted by molar-refractivity contribution is 5.72. The number of rotatable bonds is 6. The molecule has 1 atom stereocenters. The summed E-state index contributed by atoms with van der Waals surface area (Å²) in [5, 5.41) is 11.7. The summed E-state index contributed by atoms with van der Waals surface area (Å²) in [5.41, 5.74) is 0. The topological polar surface area (TPSA) is 52.6 Å². The molecule has 1 aliphatic heterocycles. The highest BCUT2D eigenvalue weighted by Crippen LogP contribution is 2.15. The number of aliphatic carboxylic acids is 1. The van der Waals surface area contributed by atoms with Crippen molar-refractivity contribution in [3.05, 3.63) is 0 Å². The van der Waals surface area contributed by atoms with Gasteiger partial charge >= 0.3 is 5.97 Å². The summed E-state index contributed by atoms with van der Waals surface area (Å²) < 4.78 is 0. The molecule has 0 radical (unpaired) electrons. The zero-order valence-corrected chi connectivity index (χ0v) is 10.4. The number of carboxylic acids is 1. The third kappa shape index (κ3) is 4.94. The average molecular weight is 228 g/mol. The van der Waals surface area contributed by atoms with E-state index in [4.69, 9.17) is 5.11 Å². The predicted molar refractivity (Wildman–Crippen MR) is 64.6 cm³/mol. The van der Waals surface area contributed by atoms with E-state index in [0.717, 1.165) is 25.4 Å². The average Bonchev–Trinajstić information content (AvgIpc) is 2.26. The number of nitrogens with one attached hydrogen (secondary N) is 1. The second-order valence-corrected chi connectivity index (χ2v) is 4.89. The molecule has 4 nitrogen and oxygen atoms in total. The zero-order valence-electron chi connectivity index (χ0n) is 10.4. The third-order valence-electron chi connectivity index (χ3n) is 3.35. The molecule has 1 unspecified atom stereocenters. The first kappa shape index (κ1) is 13.5. The van der Waals surface area contributed by atoms with Crippen molar-refractivity contribution in [3.63, 3.8) is 0 Å². The monoisotopic (exact) mass is 228 g/mol. The normalized spacial score (nSPS) is 20.9. The van der Waals surface area contributed by atoms with Crippen LogP contribution in [-0.4, -0.2) is 48.2 Å². The van der Waals surface area contributed by atoms with Gasteiger partial charge in [0.2, 0.25) is 0 Å². The lowest BCUT2D eigenvalue weighted by Gasteiger charge is -2.30. The molecule has 1 rings (SSSR count). The van der Waals surface area contributed by atoms with E-state index >= 15 is 0 Å². The maximum absolute atomic E-state index is 10.6. The summed E-state index contributed by atoms with van der Waals surface area (Å²) in [6.07, 6.45) is 3.64. The van der Waals surface area contributed by atoms with Gasteiger partial charge < -0.3 is 15.3 Å². The molecule has 1 fully saturated rings. The molecule has 1 saturated heterocycles. The highest BCUT2D eigenvalue weighted by atomic mass is 16.4. The highest BCUT2D eigenvalue weighted by Gasteiger charge is 2.15. The molecular formula is C12H24N2O2. The van der Waals surface area contributed by atoms with Crippen LogP contribution >= 0.6 is 0 Å². The Kier molecular flexibility index (Phi) is 5.77. The maximum atomic E-state index is 10.6. The second-order valence-electron chi connectivity index (χ2n) is 4.89. The lowest BCUT2D eigenvalue weighted by atomic mass is 9.99. The lowest BCUT2D eigenvalue weighted by Crippen LogP contribution is -2.37. The van der Waals surface area contributed by atoms with E-state index in [1.54, 1.807) is 6.92 Å². The van der Waals surface area contributed by atoms with Gasteiger partial charge in [-0.05, 0) is 58.3 Å². The Labute approximate surface area is 98.0 Å². The van der Waals surface area contributed by atoms with Crippen LogP contribution in [0, 0.1) is 5.92 Å². The molecule has 0 bridgehead atoms. The fourth-order valence-electron chi connectivity index (χ4n) is 1.99. The van der Waals surface area contributed by atoms with Crippen LogP contribution in [0.2, 0.25) is 0 Å². The van der Waals surface area contributed by atoms with Crippen LogP contribution in [0.4, 0.5) is 0 Å². The van der Waals surface area contributed by atoms with Crippen molar-refractivity contribution in [1.29, 1.82) is 0 Å². The molecular weight excluding hydrogens is 204 g/mol. The zero-order chi connectivity index (χ0) is 12.0. The summed E-state index contributed by atoms with van der Waals surface area (Å²) in [5.74, 6) is 0.105. The van der Waals surface area contributed by atoms with E-state index in [9.17, 15) is 4.79 Å². The van der Waals surface area contributed by atoms with E-state index in [-0.39, 0.29) is 0 Å². The van der Waals surface area contributed by atoms with E-state index in [1.807, 2.05) is 0 Å². The van der Waals surface area contributed by atoms with Crippen molar-refractivity contribution in [1.82, 2.24) is 10.2 Å². The lowest BCUT2D eigenvalue weighted by molar-refractivity contribution is -0.138. The molecule has 0 aromatic heterocycles. The number of hydrogen-bond donors (Lipinski definition) is 2. The van der Waals surface area contributed by atoms with Crippen molar-refractivity contribution < 1.29 is 9.90 Å². The van der Waals surface area contributed by atoms with Crippen LogP contribution in [0.1, 0.15) is 33.1 Å². The van der Waals surface area contributed by atoms with Gasteiger partial charge in [0.15, 0.2) is 0 Å². The molecule has 1 heterocycles. The molecule has 0 saturated carbocycles. The Hall–Kier alpha value is -0.610. The van der Waals surface area contributed by atoms with Gasteiger partial charge in [0, 0.05) is 0 Å². The standard InChI is InChI=1S/C12H24N2O2/c1-10-4-8-14(9-5-10)7-3-6-13-11(2)12(15)16/h10-11,13H,3-9H2,1-2H3,(H,15,16). The van der Waals surface area contributed by atoms with Crippen LogP contribution in [0.25, 0.3) is 0 Å². The van der Waals surface area contributed by atoms with Crippen molar-refractivity contribution in [2.45, 2.75) is 39.2 Å². The molecule has 1 aliphatic rings. The van der Waals surface area contributed by atoms with Crippen molar-refractivity contribution in [2.75, 3.05) is 26.2 Å². The van der Waals surface area contributed by atoms with Gasteiger partial charge in [0.25, 0.3) is 0 Å². The van der Waals surface area contributed by atoms with Crippen LogP contribution < -0.4 is 5.32 Å². The van der Waals surface area contributed by atoms with Gasteiger partial charge in [-0.25, -0.2) is 0 Å². The number of likely N-dealkylation sites (tertiary alicyclic amines) is 1. The van der Waals surface area contributed by atoms with Gasteiger partial charge in [-0.2, -0.15) is 0 Å². The SMILES string of the molecule is CC1CCN(CCCNC(C)C(=O)O)CC1. The molecule has 94 valence electrons. The van der Waals surface area contributed by atoms with Gasteiger partial charge in [0.1, 0.15) is 6.04 Å². The first-order valence-electron chi connectivity index (χ1n) is 6.28. The van der Waals surface area contributed by atoms with E-state index in [2.05, 4.69) is 17.1 Å². The molecule has 0 aliphatic carbocycles. The number of nitrogens with zero attached hydrogens (tertiary/aromatic N) is 1. The van der Waals surface area contributed by atoms with Crippen molar-refractivity contribution in [2.24, 2.45) is 5.92 Å². The van der Waals surface area contributed by atoms with Gasteiger partial charge in [-0.1, -0.05) is 6.92 Å². The van der Waals surface area contributed by atoms with E-state index in [0.29, 0.717) is 0 Å². The molecule has 0 spiro atoms. The van der Waals surface area contributed by atoms with Crippen LogP contribution in [0.15, 0.2) is 0 Å². The predicted octanol–water partition coefficient (Wildman–Crippen LogP) is 1.17. The quantitative estimate of drug-likeness (QED) is 0.670. The third-order valence-corrected chi connectivity index (χ3v) is 3.35. The maximum Gasteiger partial charge on any atom is 0.320 e. The first-order chi connectivity index (χ1) is 7.59. The summed E-state index contributed by atoms with van der Waals surface area (Å²) >= 11 is 0. The second kappa shape index (κ2) is 6.86. The molecule has 4 heteroatoms. The molecule has 2 N–H and O–H groups in total. The molecule has 0 aromatic rings. The number of carbonyl (C=O) groups is 1. The van der Waals surface area contributed by atoms with Gasteiger partial charge in [0.05, 0.1) is 0 Å². The molecule has 0 amide bonds. The minimum atomic E-state index is -0.771. The number of hydrogen-bond acceptors (Lipinski definition) is 3. The Morgan fingerprint density at radius 2 is 2.12 bits per heavy atom. The van der Waals surface area contributed by atoms with Gasteiger partial charge in [-0.15, -0.1) is 0 Å². The van der Waals surface area contributed by atoms with E-state index in [1.165, 1.54) is 25.9 Å². The minimum absolute atomic E-state index is 0.429. The Balaban J connectivity index is 2.01. The van der Waals surface area contributed by atoms with Crippen molar-refractivity contribution >= 4 is 5.97 Å². The smallest absolute Gasteiger partial charge is 0.320 e. The van der Waals surface area contributed by atoms with Crippen LogP contribution in [0.3, 0.4) is 0 Å². The Morgan fingerprint density at radius 1 is 1.50 bits per heavy atom. The summed E-state index contributed by atoms with van der Waals surface area (Å²) in [7, 11) is 0. The number of piperidine rings is 1. The first-order valence-corrected chi connectivity index (χ1v) is 6.28. The largest absolute Gasteiger partial charge is 0.480 e. The van der Waals surface area contributed by atoms with Gasteiger partial charge in [-0.3, -0.25) is 4.79 Å². The Bertz CT molecular complexity index is 213. The van der Waals surface area contributed by atoms with Crippen LogP contribution in [0.5, 0.6) is 0 Å². The fourth-order valence-corrected chi connectivity index (χ4v) is 1.99. The van der Waals surface area contributed by atoms with E-state index < -0.39 is 12.0 Å². The number of carboxylic acid groups (broad SMARTS) is 1. The molecule has 16 heavy (non-hydrogen) atoms. The summed E-state index contributed by atoms with van der Waals surface area (Å²) in [6.45, 7) is 8.29. The molecule has 0 aromatic carbocycles. The Morgan fingerprint density at radius 3 is 2.69 bits per heavy atom. The summed E-state index contributed by atoms with van der Waals surface area (Å²) in [6, 6.07) is -0.429. The minimum Gasteiger partial charge on any atom is -0.480 e. The van der Waals surface area contributed by atoms with Crippen molar-refractivity contribution in [3.8, 4) is 0 Å². The summed E-state index contributed by atoms with van der Waals surface area (Å²) in [4.78, 5) is 13.0. The fraction of sp³-hybridized carbons (Fsp3) is 0.917. The van der Waals surface area contributed by atoms with Crippen LogP contribution in [-0.2, 0) is 4.79 Å².